The number of fused-ring (bicyclic) bond motifs is 1. The molecule has 4 aromatic rings. The van der Waals surface area contributed by atoms with Gasteiger partial charge in [-0.25, -0.2) is 9.18 Å². The molecular weight excluding hydrogens is 355 g/mol. The van der Waals surface area contributed by atoms with Gasteiger partial charge in [0.25, 0.3) is 5.56 Å². The molecule has 0 amide bonds. The number of benzene rings is 3. The first-order valence-corrected chi connectivity index (χ1v) is 9.14. The van der Waals surface area contributed by atoms with Crippen molar-refractivity contribution in [2.24, 2.45) is 0 Å². The highest BCUT2D eigenvalue weighted by atomic mass is 19.1. The SMILES string of the molecule is O=c1c2ccccc2n(Cc2ccc(F)cc2)c(=O)n1CCc1ccccc1. The van der Waals surface area contributed by atoms with Crippen molar-refractivity contribution in [1.82, 2.24) is 9.13 Å². The summed E-state index contributed by atoms with van der Waals surface area (Å²) in [6, 6.07) is 22.9. The molecule has 0 aliphatic heterocycles. The summed E-state index contributed by atoms with van der Waals surface area (Å²) in [5.74, 6) is -0.325. The van der Waals surface area contributed by atoms with Crippen LogP contribution in [0.1, 0.15) is 11.1 Å². The average Bonchev–Trinajstić information content (AvgIpc) is 2.73. The molecule has 1 aromatic heterocycles. The standard InChI is InChI=1S/C23H19FN2O2/c24-19-12-10-18(11-13-19)16-26-21-9-5-4-8-20(21)22(27)25(23(26)28)15-14-17-6-2-1-3-7-17/h1-13H,14-16H2. The molecule has 0 aliphatic rings. The predicted molar refractivity (Wildman–Crippen MR) is 108 cm³/mol. The first-order chi connectivity index (χ1) is 13.6. The molecule has 4 nitrogen and oxygen atoms in total. The minimum atomic E-state index is -0.357. The Bertz CT molecular complexity index is 1230. The molecule has 0 spiro atoms. The van der Waals surface area contributed by atoms with Crippen LogP contribution in [0.25, 0.3) is 10.9 Å². The predicted octanol–water partition coefficient (Wildman–Crippen LogP) is 3.59. The van der Waals surface area contributed by atoms with Gasteiger partial charge in [-0.2, -0.15) is 0 Å². The normalized spacial score (nSPS) is 11.0. The average molecular weight is 374 g/mol. The third-order valence-electron chi connectivity index (χ3n) is 4.85. The molecule has 0 saturated carbocycles. The van der Waals surface area contributed by atoms with Crippen LogP contribution in [0.2, 0.25) is 0 Å². The van der Waals surface area contributed by atoms with Crippen LogP contribution in [0, 0.1) is 5.82 Å². The summed E-state index contributed by atoms with van der Waals surface area (Å²) in [4.78, 5) is 26.1. The van der Waals surface area contributed by atoms with Gasteiger partial charge in [0, 0.05) is 6.54 Å². The fourth-order valence-corrected chi connectivity index (χ4v) is 3.38. The number of hydrogen-bond donors (Lipinski definition) is 0. The summed E-state index contributed by atoms with van der Waals surface area (Å²) in [6.07, 6.45) is 0.588. The maximum absolute atomic E-state index is 13.2. The lowest BCUT2D eigenvalue weighted by Gasteiger charge is -2.14. The van der Waals surface area contributed by atoms with E-state index >= 15 is 0 Å². The lowest BCUT2D eigenvalue weighted by Crippen LogP contribution is -2.40. The Kier molecular flexibility index (Phi) is 4.89. The van der Waals surface area contributed by atoms with Gasteiger partial charge in [-0.05, 0) is 41.8 Å². The molecule has 0 aliphatic carbocycles. The van der Waals surface area contributed by atoms with Crippen LogP contribution in [-0.2, 0) is 19.5 Å². The van der Waals surface area contributed by atoms with Crippen molar-refractivity contribution in [1.29, 1.82) is 0 Å². The van der Waals surface area contributed by atoms with Crippen LogP contribution in [0.4, 0.5) is 4.39 Å². The monoisotopic (exact) mass is 374 g/mol. The van der Waals surface area contributed by atoms with Crippen LogP contribution in [0.15, 0.2) is 88.5 Å². The molecule has 5 heteroatoms. The molecule has 140 valence electrons. The van der Waals surface area contributed by atoms with Crippen molar-refractivity contribution in [3.63, 3.8) is 0 Å². The van der Waals surface area contributed by atoms with Gasteiger partial charge in [-0.3, -0.25) is 13.9 Å². The Labute approximate surface area is 161 Å². The van der Waals surface area contributed by atoms with Gasteiger partial charge in [-0.15, -0.1) is 0 Å². The van der Waals surface area contributed by atoms with Crippen molar-refractivity contribution >= 4 is 10.9 Å². The summed E-state index contributed by atoms with van der Waals surface area (Å²) in [7, 11) is 0. The highest BCUT2D eigenvalue weighted by Crippen LogP contribution is 2.11. The Balaban J connectivity index is 1.80. The van der Waals surface area contributed by atoms with Crippen LogP contribution in [0.5, 0.6) is 0 Å². The summed E-state index contributed by atoms with van der Waals surface area (Å²) in [6.45, 7) is 0.571. The van der Waals surface area contributed by atoms with Gasteiger partial charge in [0.2, 0.25) is 0 Å². The van der Waals surface area contributed by atoms with Crippen molar-refractivity contribution in [2.75, 3.05) is 0 Å². The number of aromatic nitrogens is 2. The lowest BCUT2D eigenvalue weighted by molar-refractivity contribution is 0.588. The van der Waals surface area contributed by atoms with E-state index in [1.54, 1.807) is 41.0 Å². The van der Waals surface area contributed by atoms with Gasteiger partial charge < -0.3 is 0 Å². The number of nitrogens with zero attached hydrogens (tertiary/aromatic N) is 2. The third kappa shape index (κ3) is 3.51. The maximum atomic E-state index is 13.2. The van der Waals surface area contributed by atoms with E-state index in [1.165, 1.54) is 16.7 Å². The van der Waals surface area contributed by atoms with Gasteiger partial charge in [0.15, 0.2) is 0 Å². The van der Waals surface area contributed by atoms with Crippen LogP contribution >= 0.6 is 0 Å². The van der Waals surface area contributed by atoms with Gasteiger partial charge in [0.1, 0.15) is 5.82 Å². The van der Waals surface area contributed by atoms with E-state index < -0.39 is 0 Å². The maximum Gasteiger partial charge on any atom is 0.331 e. The van der Waals surface area contributed by atoms with Gasteiger partial charge in [0.05, 0.1) is 17.4 Å². The second-order valence-electron chi connectivity index (χ2n) is 6.70. The molecule has 0 atom stereocenters. The van der Waals surface area contributed by atoms with Crippen molar-refractivity contribution < 1.29 is 4.39 Å². The zero-order chi connectivity index (χ0) is 19.5. The molecule has 0 bridgehead atoms. The lowest BCUT2D eigenvalue weighted by atomic mass is 10.1. The first-order valence-electron chi connectivity index (χ1n) is 9.14. The topological polar surface area (TPSA) is 44.0 Å². The molecule has 28 heavy (non-hydrogen) atoms. The second kappa shape index (κ2) is 7.64. The molecule has 0 radical (unpaired) electrons. The largest absolute Gasteiger partial charge is 0.331 e. The number of para-hydroxylation sites is 1. The first kappa shape index (κ1) is 17.9. The number of rotatable bonds is 5. The quantitative estimate of drug-likeness (QED) is 0.536. The molecule has 0 unspecified atom stereocenters. The fourth-order valence-electron chi connectivity index (χ4n) is 3.38. The second-order valence-corrected chi connectivity index (χ2v) is 6.70. The van der Waals surface area contributed by atoms with E-state index in [0.29, 0.717) is 23.9 Å². The Hall–Kier alpha value is -3.47. The summed E-state index contributed by atoms with van der Waals surface area (Å²) in [5, 5.41) is 0.497. The zero-order valence-corrected chi connectivity index (χ0v) is 15.2. The van der Waals surface area contributed by atoms with E-state index in [2.05, 4.69) is 0 Å². The van der Waals surface area contributed by atoms with Crippen molar-refractivity contribution in [3.8, 4) is 0 Å². The van der Waals surface area contributed by atoms with Crippen LogP contribution < -0.4 is 11.2 Å². The van der Waals surface area contributed by atoms with E-state index in [-0.39, 0.29) is 23.6 Å². The Morgan fingerprint density at radius 1 is 0.714 bits per heavy atom. The van der Waals surface area contributed by atoms with Crippen molar-refractivity contribution in [2.45, 2.75) is 19.5 Å². The molecule has 0 N–H and O–H groups in total. The fraction of sp³-hybridized carbons (Fsp3) is 0.130. The third-order valence-corrected chi connectivity index (χ3v) is 4.85. The highest BCUT2D eigenvalue weighted by Gasteiger charge is 2.13. The van der Waals surface area contributed by atoms with E-state index in [9.17, 15) is 14.0 Å². The summed E-state index contributed by atoms with van der Waals surface area (Å²) < 4.78 is 16.1. The Morgan fingerprint density at radius 3 is 2.14 bits per heavy atom. The molecular formula is C23H19FN2O2. The molecule has 3 aromatic carbocycles. The molecule has 0 saturated heterocycles. The zero-order valence-electron chi connectivity index (χ0n) is 15.2. The minimum absolute atomic E-state index is 0.269. The summed E-state index contributed by atoms with van der Waals surface area (Å²) in [5.41, 5.74) is 1.79. The summed E-state index contributed by atoms with van der Waals surface area (Å²) >= 11 is 0. The number of aryl methyl sites for hydroxylation is 1. The van der Waals surface area contributed by atoms with E-state index in [4.69, 9.17) is 0 Å². The van der Waals surface area contributed by atoms with E-state index in [1.807, 2.05) is 30.3 Å². The number of halogens is 1. The van der Waals surface area contributed by atoms with Crippen LogP contribution in [0.3, 0.4) is 0 Å². The molecule has 0 fully saturated rings. The van der Waals surface area contributed by atoms with Crippen molar-refractivity contribution in [3.05, 3.63) is 117 Å². The smallest absolute Gasteiger partial charge is 0.289 e. The Morgan fingerprint density at radius 2 is 1.39 bits per heavy atom. The van der Waals surface area contributed by atoms with Gasteiger partial charge >= 0.3 is 5.69 Å². The molecule has 4 rings (SSSR count). The van der Waals surface area contributed by atoms with Crippen LogP contribution in [-0.4, -0.2) is 9.13 Å². The van der Waals surface area contributed by atoms with Gasteiger partial charge in [-0.1, -0.05) is 54.6 Å². The number of hydrogen-bond acceptors (Lipinski definition) is 2. The van der Waals surface area contributed by atoms with E-state index in [0.717, 1.165) is 11.1 Å². The highest BCUT2D eigenvalue weighted by molar-refractivity contribution is 5.77. The minimum Gasteiger partial charge on any atom is -0.289 e. The molecule has 1 heterocycles.